The zero-order valence-corrected chi connectivity index (χ0v) is 12.0. The summed E-state index contributed by atoms with van der Waals surface area (Å²) in [5, 5.41) is 12.4. The maximum atomic E-state index is 11.2. The smallest absolute Gasteiger partial charge is 0.335 e. The number of aromatic nitrogens is 1. The molecule has 0 saturated heterocycles. The van der Waals surface area contributed by atoms with E-state index in [9.17, 15) is 4.79 Å². The van der Waals surface area contributed by atoms with Gasteiger partial charge in [-0.2, -0.15) is 0 Å². The van der Waals surface area contributed by atoms with Crippen LogP contribution in [0.4, 0.5) is 5.82 Å². The summed E-state index contributed by atoms with van der Waals surface area (Å²) in [4.78, 5) is 15.7. The van der Waals surface area contributed by atoms with Crippen molar-refractivity contribution in [3.8, 4) is 0 Å². The van der Waals surface area contributed by atoms with Crippen LogP contribution in [0.25, 0.3) is 0 Å². The highest BCUT2D eigenvalue weighted by Gasteiger charge is 2.19. The van der Waals surface area contributed by atoms with Crippen molar-refractivity contribution in [2.45, 2.75) is 45.6 Å². The van der Waals surface area contributed by atoms with Crippen LogP contribution in [0, 0.1) is 0 Å². The Morgan fingerprint density at radius 2 is 2.16 bits per heavy atom. The minimum absolute atomic E-state index is 0.168. The topological polar surface area (TPSA) is 62.2 Å². The molecule has 104 valence electrons. The van der Waals surface area contributed by atoms with E-state index in [1.165, 1.54) is 0 Å². The molecule has 1 unspecified atom stereocenters. The van der Waals surface area contributed by atoms with E-state index in [2.05, 4.69) is 16.9 Å². The van der Waals surface area contributed by atoms with Crippen LogP contribution in [-0.2, 0) is 5.41 Å². The summed E-state index contributed by atoms with van der Waals surface area (Å²) in [7, 11) is 0. The summed E-state index contributed by atoms with van der Waals surface area (Å²) in [5.74, 6) is -0.341. The van der Waals surface area contributed by atoms with Crippen LogP contribution in [0.5, 0.6) is 0 Å². The van der Waals surface area contributed by atoms with Crippen molar-refractivity contribution < 1.29 is 9.90 Å². The van der Waals surface area contributed by atoms with Crippen molar-refractivity contribution in [3.05, 3.63) is 36.0 Å². The molecule has 1 rings (SSSR count). The highest BCUT2D eigenvalue weighted by atomic mass is 16.4. The monoisotopic (exact) mass is 262 g/mol. The minimum atomic E-state index is -0.938. The van der Waals surface area contributed by atoms with Crippen molar-refractivity contribution in [1.29, 1.82) is 0 Å². The van der Waals surface area contributed by atoms with Crippen molar-refractivity contribution in [2.75, 3.05) is 5.32 Å². The average Bonchev–Trinajstić information content (AvgIpc) is 2.27. The number of nitrogens with one attached hydrogen (secondary N) is 1. The van der Waals surface area contributed by atoms with Crippen LogP contribution < -0.4 is 5.32 Å². The first kappa shape index (κ1) is 15.2. The summed E-state index contributed by atoms with van der Waals surface area (Å²) in [5.41, 5.74) is 0.831. The first-order valence-corrected chi connectivity index (χ1v) is 6.37. The molecule has 19 heavy (non-hydrogen) atoms. The van der Waals surface area contributed by atoms with Crippen LogP contribution in [0.15, 0.2) is 24.8 Å². The van der Waals surface area contributed by atoms with Gasteiger partial charge < -0.3 is 10.4 Å². The van der Waals surface area contributed by atoms with Gasteiger partial charge in [-0.05, 0) is 25.5 Å². The standard InChI is InChI=1S/C15H22N2O2/c1-6-7-10(2)16-13-9-11(14(18)19)8-12(17-13)15(3,4)5/h6,8-10H,1,7H2,2-5H3,(H,16,17)(H,18,19). The molecule has 2 N–H and O–H groups in total. The predicted octanol–water partition coefficient (Wildman–Crippen LogP) is 3.45. The van der Waals surface area contributed by atoms with Gasteiger partial charge in [0.15, 0.2) is 0 Å². The van der Waals surface area contributed by atoms with Crippen LogP contribution in [0.2, 0.25) is 0 Å². The van der Waals surface area contributed by atoms with Gasteiger partial charge in [-0.1, -0.05) is 26.8 Å². The fraction of sp³-hybridized carbons (Fsp3) is 0.467. The van der Waals surface area contributed by atoms with Crippen molar-refractivity contribution >= 4 is 11.8 Å². The maximum absolute atomic E-state index is 11.2. The van der Waals surface area contributed by atoms with Gasteiger partial charge in [-0.15, -0.1) is 6.58 Å². The molecule has 4 heteroatoms. The molecule has 0 fully saturated rings. The van der Waals surface area contributed by atoms with E-state index in [0.717, 1.165) is 12.1 Å². The molecule has 0 bridgehead atoms. The Labute approximate surface area is 114 Å². The zero-order chi connectivity index (χ0) is 14.6. The van der Waals surface area contributed by atoms with Crippen molar-refractivity contribution in [1.82, 2.24) is 4.98 Å². The molecule has 0 spiro atoms. The molecule has 0 radical (unpaired) electrons. The lowest BCUT2D eigenvalue weighted by atomic mass is 9.90. The molecule has 0 saturated carbocycles. The van der Waals surface area contributed by atoms with E-state index in [4.69, 9.17) is 5.11 Å². The number of anilines is 1. The van der Waals surface area contributed by atoms with Gasteiger partial charge in [0, 0.05) is 17.2 Å². The van der Waals surface area contributed by atoms with Gasteiger partial charge in [0.2, 0.25) is 0 Å². The number of hydrogen-bond donors (Lipinski definition) is 2. The molecule has 1 aromatic rings. The molecule has 1 heterocycles. The first-order chi connectivity index (χ1) is 8.74. The summed E-state index contributed by atoms with van der Waals surface area (Å²) < 4.78 is 0. The lowest BCUT2D eigenvalue weighted by Crippen LogP contribution is -2.19. The van der Waals surface area contributed by atoms with E-state index in [1.54, 1.807) is 12.1 Å². The molecule has 0 amide bonds. The van der Waals surface area contributed by atoms with E-state index in [0.29, 0.717) is 5.82 Å². The Bertz CT molecular complexity index is 476. The molecule has 0 aromatic carbocycles. The molecule has 1 aromatic heterocycles. The summed E-state index contributed by atoms with van der Waals surface area (Å²) in [6.45, 7) is 11.7. The summed E-state index contributed by atoms with van der Waals surface area (Å²) in [6, 6.07) is 3.37. The molecule has 1 atom stereocenters. The third-order valence-corrected chi connectivity index (χ3v) is 2.76. The largest absolute Gasteiger partial charge is 0.478 e. The van der Waals surface area contributed by atoms with E-state index < -0.39 is 5.97 Å². The highest BCUT2D eigenvalue weighted by Crippen LogP contribution is 2.23. The number of carboxylic acid groups (broad SMARTS) is 1. The van der Waals surface area contributed by atoms with Crippen molar-refractivity contribution in [2.24, 2.45) is 0 Å². The number of pyridine rings is 1. The molecular weight excluding hydrogens is 240 g/mol. The fourth-order valence-electron chi connectivity index (χ4n) is 1.67. The quantitative estimate of drug-likeness (QED) is 0.798. The second-order valence-electron chi connectivity index (χ2n) is 5.75. The molecule has 0 aliphatic heterocycles. The van der Waals surface area contributed by atoms with Gasteiger partial charge in [-0.25, -0.2) is 9.78 Å². The number of hydrogen-bond acceptors (Lipinski definition) is 3. The van der Waals surface area contributed by atoms with E-state index >= 15 is 0 Å². The minimum Gasteiger partial charge on any atom is -0.478 e. The van der Waals surface area contributed by atoms with Gasteiger partial charge >= 0.3 is 5.97 Å². The number of aromatic carboxylic acids is 1. The Morgan fingerprint density at radius 1 is 1.53 bits per heavy atom. The Kier molecular flexibility index (Phi) is 4.70. The Morgan fingerprint density at radius 3 is 2.63 bits per heavy atom. The van der Waals surface area contributed by atoms with E-state index in [-0.39, 0.29) is 17.0 Å². The van der Waals surface area contributed by atoms with Gasteiger partial charge in [-0.3, -0.25) is 0 Å². The summed E-state index contributed by atoms with van der Waals surface area (Å²) >= 11 is 0. The second-order valence-corrected chi connectivity index (χ2v) is 5.75. The summed E-state index contributed by atoms with van der Waals surface area (Å²) in [6.07, 6.45) is 2.62. The Balaban J connectivity index is 3.13. The van der Waals surface area contributed by atoms with Crippen LogP contribution in [0.1, 0.15) is 50.2 Å². The molecular formula is C15H22N2O2. The molecule has 0 aliphatic rings. The zero-order valence-electron chi connectivity index (χ0n) is 12.0. The number of rotatable bonds is 5. The molecule has 4 nitrogen and oxygen atoms in total. The van der Waals surface area contributed by atoms with Gasteiger partial charge in [0.25, 0.3) is 0 Å². The lowest BCUT2D eigenvalue weighted by molar-refractivity contribution is 0.0696. The maximum Gasteiger partial charge on any atom is 0.335 e. The van der Waals surface area contributed by atoms with Gasteiger partial charge in [0.05, 0.1) is 5.56 Å². The number of nitrogens with zero attached hydrogens (tertiary/aromatic N) is 1. The fourth-order valence-corrected chi connectivity index (χ4v) is 1.67. The van der Waals surface area contributed by atoms with Crippen LogP contribution in [0.3, 0.4) is 0 Å². The Hall–Kier alpha value is -1.84. The SMILES string of the molecule is C=CCC(C)Nc1cc(C(=O)O)cc(C(C)(C)C)n1. The molecule has 0 aliphatic carbocycles. The van der Waals surface area contributed by atoms with Crippen LogP contribution in [-0.4, -0.2) is 22.1 Å². The van der Waals surface area contributed by atoms with E-state index in [1.807, 2.05) is 33.8 Å². The predicted molar refractivity (Wildman–Crippen MR) is 77.8 cm³/mol. The normalized spacial score (nSPS) is 12.8. The van der Waals surface area contributed by atoms with Gasteiger partial charge in [0.1, 0.15) is 5.82 Å². The first-order valence-electron chi connectivity index (χ1n) is 6.37. The lowest BCUT2D eigenvalue weighted by Gasteiger charge is -2.21. The van der Waals surface area contributed by atoms with Crippen LogP contribution >= 0.6 is 0 Å². The third-order valence-electron chi connectivity index (χ3n) is 2.76. The third kappa shape index (κ3) is 4.39. The second kappa shape index (κ2) is 5.87. The average molecular weight is 262 g/mol. The number of carboxylic acids is 1. The highest BCUT2D eigenvalue weighted by molar-refractivity contribution is 5.88. The number of carbonyl (C=O) groups is 1. The van der Waals surface area contributed by atoms with Crippen molar-refractivity contribution in [3.63, 3.8) is 0 Å².